The standard InChI is InChI=1S/C14H17BrN2O3/c1-14(13(19)20)7-3-2-6-10(14)17-12(18)9-5-4-8-16-11(9)15/h4-5,8,10H,2-3,6-7H2,1H3,(H,17,18)(H,19,20). The molecule has 2 N–H and O–H groups in total. The van der Waals surface area contributed by atoms with Crippen LogP contribution in [0.15, 0.2) is 22.9 Å². The summed E-state index contributed by atoms with van der Waals surface area (Å²) in [6.07, 6.45) is 4.67. The van der Waals surface area contributed by atoms with Crippen molar-refractivity contribution < 1.29 is 14.7 Å². The molecule has 2 unspecified atom stereocenters. The van der Waals surface area contributed by atoms with E-state index in [4.69, 9.17) is 0 Å². The predicted molar refractivity (Wildman–Crippen MR) is 77.4 cm³/mol. The van der Waals surface area contributed by atoms with Crippen molar-refractivity contribution >= 4 is 27.8 Å². The first kappa shape index (κ1) is 15.0. The number of amides is 1. The zero-order valence-corrected chi connectivity index (χ0v) is 12.8. The van der Waals surface area contributed by atoms with Gasteiger partial charge in [-0.3, -0.25) is 9.59 Å². The van der Waals surface area contributed by atoms with Crippen molar-refractivity contribution in [1.82, 2.24) is 10.3 Å². The molecule has 6 heteroatoms. The van der Waals surface area contributed by atoms with Crippen LogP contribution in [0.25, 0.3) is 0 Å². The first-order chi connectivity index (χ1) is 9.45. The van der Waals surface area contributed by atoms with Gasteiger partial charge in [0.25, 0.3) is 5.91 Å². The average molecular weight is 341 g/mol. The molecule has 1 amide bonds. The van der Waals surface area contributed by atoms with E-state index in [0.717, 1.165) is 12.8 Å². The fourth-order valence-electron chi connectivity index (χ4n) is 2.61. The largest absolute Gasteiger partial charge is 0.481 e. The number of carbonyl (C=O) groups excluding carboxylic acids is 1. The Kier molecular flexibility index (Phi) is 4.42. The molecule has 1 aromatic heterocycles. The fourth-order valence-corrected chi connectivity index (χ4v) is 3.04. The Hall–Kier alpha value is -1.43. The summed E-state index contributed by atoms with van der Waals surface area (Å²) in [4.78, 5) is 27.8. The van der Waals surface area contributed by atoms with Gasteiger partial charge in [0.05, 0.1) is 11.0 Å². The maximum Gasteiger partial charge on any atom is 0.311 e. The number of aliphatic carboxylic acids is 1. The zero-order valence-electron chi connectivity index (χ0n) is 11.2. The third-order valence-corrected chi connectivity index (χ3v) is 4.64. The van der Waals surface area contributed by atoms with Crippen LogP contribution in [0.3, 0.4) is 0 Å². The number of hydrogen-bond donors (Lipinski definition) is 2. The van der Waals surface area contributed by atoms with E-state index in [2.05, 4.69) is 26.2 Å². The fraction of sp³-hybridized carbons (Fsp3) is 0.500. The molecule has 1 heterocycles. The van der Waals surface area contributed by atoms with Crippen molar-refractivity contribution in [2.24, 2.45) is 5.41 Å². The van der Waals surface area contributed by atoms with Crippen molar-refractivity contribution in [3.8, 4) is 0 Å². The molecule has 1 aromatic rings. The summed E-state index contributed by atoms with van der Waals surface area (Å²) in [5.41, 5.74) is -0.478. The molecule has 0 aliphatic heterocycles. The summed E-state index contributed by atoms with van der Waals surface area (Å²) >= 11 is 3.23. The lowest BCUT2D eigenvalue weighted by molar-refractivity contribution is -0.151. The highest BCUT2D eigenvalue weighted by atomic mass is 79.9. The van der Waals surface area contributed by atoms with E-state index in [0.29, 0.717) is 23.0 Å². The predicted octanol–water partition coefficient (Wildman–Crippen LogP) is 2.61. The average Bonchev–Trinajstić information content (AvgIpc) is 2.41. The molecule has 1 fully saturated rings. The summed E-state index contributed by atoms with van der Waals surface area (Å²) in [7, 11) is 0. The topological polar surface area (TPSA) is 79.3 Å². The Morgan fingerprint density at radius 2 is 2.25 bits per heavy atom. The monoisotopic (exact) mass is 340 g/mol. The van der Waals surface area contributed by atoms with Gasteiger partial charge in [0.2, 0.25) is 0 Å². The molecule has 0 aromatic carbocycles. The lowest BCUT2D eigenvalue weighted by atomic mass is 9.71. The first-order valence-electron chi connectivity index (χ1n) is 6.60. The Bertz CT molecular complexity index is 535. The second kappa shape index (κ2) is 5.91. The summed E-state index contributed by atoms with van der Waals surface area (Å²) in [6.45, 7) is 1.71. The normalized spacial score (nSPS) is 26.0. The van der Waals surface area contributed by atoms with Crippen LogP contribution in [0.2, 0.25) is 0 Å². The highest BCUT2D eigenvalue weighted by Crippen LogP contribution is 2.36. The van der Waals surface area contributed by atoms with E-state index in [-0.39, 0.29) is 11.9 Å². The molecular formula is C14H17BrN2O3. The smallest absolute Gasteiger partial charge is 0.311 e. The summed E-state index contributed by atoms with van der Waals surface area (Å²) in [5.74, 6) is -1.14. The number of nitrogens with one attached hydrogen (secondary N) is 1. The molecule has 2 rings (SSSR count). The van der Waals surface area contributed by atoms with Gasteiger partial charge in [-0.05, 0) is 47.8 Å². The quantitative estimate of drug-likeness (QED) is 0.829. The van der Waals surface area contributed by atoms with E-state index in [9.17, 15) is 14.7 Å². The molecule has 1 aliphatic rings. The molecule has 1 aliphatic carbocycles. The van der Waals surface area contributed by atoms with Crippen LogP contribution in [0.4, 0.5) is 0 Å². The van der Waals surface area contributed by atoms with Crippen molar-refractivity contribution in [2.45, 2.75) is 38.6 Å². The summed E-state index contributed by atoms with van der Waals surface area (Å²) < 4.78 is 0.463. The highest BCUT2D eigenvalue weighted by molar-refractivity contribution is 9.10. The third kappa shape index (κ3) is 2.85. The van der Waals surface area contributed by atoms with Gasteiger partial charge in [-0.25, -0.2) is 4.98 Å². The van der Waals surface area contributed by atoms with Gasteiger partial charge in [-0.15, -0.1) is 0 Å². The minimum Gasteiger partial charge on any atom is -0.481 e. The molecule has 1 saturated carbocycles. The van der Waals surface area contributed by atoms with Gasteiger partial charge in [0.1, 0.15) is 4.60 Å². The number of pyridine rings is 1. The lowest BCUT2D eigenvalue weighted by Crippen LogP contribution is -2.52. The van der Waals surface area contributed by atoms with E-state index in [1.807, 2.05) is 0 Å². The molecule has 0 saturated heterocycles. The number of rotatable bonds is 3. The number of aromatic nitrogens is 1. The van der Waals surface area contributed by atoms with Crippen LogP contribution in [0, 0.1) is 5.41 Å². The molecule has 5 nitrogen and oxygen atoms in total. The maximum atomic E-state index is 12.3. The van der Waals surface area contributed by atoms with Crippen LogP contribution in [-0.4, -0.2) is 28.0 Å². The lowest BCUT2D eigenvalue weighted by Gasteiger charge is -2.38. The van der Waals surface area contributed by atoms with Crippen molar-refractivity contribution in [1.29, 1.82) is 0 Å². The van der Waals surface area contributed by atoms with Gasteiger partial charge in [0, 0.05) is 12.2 Å². The second-order valence-electron chi connectivity index (χ2n) is 5.34. The molecule has 108 valence electrons. The van der Waals surface area contributed by atoms with Gasteiger partial charge in [-0.2, -0.15) is 0 Å². The maximum absolute atomic E-state index is 12.3. The first-order valence-corrected chi connectivity index (χ1v) is 7.39. The van der Waals surface area contributed by atoms with E-state index in [1.54, 1.807) is 25.3 Å². The van der Waals surface area contributed by atoms with Crippen LogP contribution in [-0.2, 0) is 4.79 Å². The molecule has 0 radical (unpaired) electrons. The number of carbonyl (C=O) groups is 2. The van der Waals surface area contributed by atoms with Crippen LogP contribution in [0.1, 0.15) is 43.0 Å². The zero-order chi connectivity index (χ0) is 14.8. The highest BCUT2D eigenvalue weighted by Gasteiger charge is 2.44. The number of hydrogen-bond acceptors (Lipinski definition) is 3. The Morgan fingerprint density at radius 3 is 2.90 bits per heavy atom. The number of nitrogens with zero attached hydrogens (tertiary/aromatic N) is 1. The number of halogens is 1. The molecule has 20 heavy (non-hydrogen) atoms. The minimum atomic E-state index is -0.900. The molecule has 2 atom stereocenters. The van der Waals surface area contributed by atoms with Crippen LogP contribution >= 0.6 is 15.9 Å². The third-order valence-electron chi connectivity index (χ3n) is 4.01. The van der Waals surface area contributed by atoms with Crippen molar-refractivity contribution in [3.05, 3.63) is 28.5 Å². The van der Waals surface area contributed by atoms with Crippen molar-refractivity contribution in [3.63, 3.8) is 0 Å². The Balaban J connectivity index is 2.18. The molecule has 0 spiro atoms. The Morgan fingerprint density at radius 1 is 1.50 bits per heavy atom. The number of carboxylic acid groups (broad SMARTS) is 1. The minimum absolute atomic E-state index is 0.288. The van der Waals surface area contributed by atoms with Crippen LogP contribution < -0.4 is 5.32 Å². The molecule has 0 bridgehead atoms. The van der Waals surface area contributed by atoms with Crippen molar-refractivity contribution in [2.75, 3.05) is 0 Å². The van der Waals surface area contributed by atoms with Gasteiger partial charge < -0.3 is 10.4 Å². The van der Waals surface area contributed by atoms with E-state index >= 15 is 0 Å². The Labute approximate surface area is 125 Å². The van der Waals surface area contributed by atoms with Gasteiger partial charge >= 0.3 is 5.97 Å². The van der Waals surface area contributed by atoms with E-state index < -0.39 is 11.4 Å². The summed E-state index contributed by atoms with van der Waals surface area (Å²) in [6, 6.07) is 2.98. The van der Waals surface area contributed by atoms with E-state index in [1.165, 1.54) is 0 Å². The van der Waals surface area contributed by atoms with Gasteiger partial charge in [-0.1, -0.05) is 12.8 Å². The van der Waals surface area contributed by atoms with Crippen LogP contribution in [0.5, 0.6) is 0 Å². The summed E-state index contributed by atoms with van der Waals surface area (Å²) in [5, 5.41) is 12.3. The number of carboxylic acids is 1. The second-order valence-corrected chi connectivity index (χ2v) is 6.09. The molecular weight excluding hydrogens is 324 g/mol. The SMILES string of the molecule is CC1(C(=O)O)CCCCC1NC(=O)c1cccnc1Br. The van der Waals surface area contributed by atoms with Gasteiger partial charge in [0.15, 0.2) is 0 Å².